The van der Waals surface area contributed by atoms with E-state index in [0.717, 1.165) is 29.7 Å². The first kappa shape index (κ1) is 15.3. The van der Waals surface area contributed by atoms with Crippen LogP contribution in [-0.2, 0) is 10.0 Å². The molecular formula is C15H23NO3S. The van der Waals surface area contributed by atoms with Gasteiger partial charge in [-0.2, -0.15) is 4.31 Å². The van der Waals surface area contributed by atoms with Gasteiger partial charge in [-0.15, -0.1) is 0 Å². The lowest BCUT2D eigenvalue weighted by Gasteiger charge is -2.29. The normalized spacial score (nSPS) is 18.2. The molecule has 2 rings (SSSR count). The Bertz CT molecular complexity index is 564. The molecule has 1 fully saturated rings. The van der Waals surface area contributed by atoms with Crippen LogP contribution in [0.1, 0.15) is 30.9 Å². The van der Waals surface area contributed by atoms with Gasteiger partial charge in [-0.3, -0.25) is 0 Å². The fourth-order valence-corrected chi connectivity index (χ4v) is 4.40. The number of aryl methyl sites for hydroxylation is 2. The number of hydrogen-bond acceptors (Lipinski definition) is 3. The Labute approximate surface area is 121 Å². The van der Waals surface area contributed by atoms with Gasteiger partial charge in [0.15, 0.2) is 0 Å². The Morgan fingerprint density at radius 1 is 1.15 bits per heavy atom. The fourth-order valence-electron chi connectivity index (χ4n) is 2.76. The smallest absolute Gasteiger partial charge is 0.243 e. The van der Waals surface area contributed by atoms with E-state index in [9.17, 15) is 8.42 Å². The molecule has 0 spiro atoms. The molecule has 0 aromatic heterocycles. The van der Waals surface area contributed by atoms with E-state index in [1.165, 1.54) is 0 Å². The highest BCUT2D eigenvalue weighted by Crippen LogP contribution is 2.29. The number of piperidine rings is 1. The van der Waals surface area contributed by atoms with Crippen LogP contribution in [0.4, 0.5) is 0 Å². The second-order valence-corrected chi connectivity index (χ2v) is 7.61. The molecule has 112 valence electrons. The van der Waals surface area contributed by atoms with Gasteiger partial charge in [0.25, 0.3) is 0 Å². The molecule has 0 radical (unpaired) electrons. The van der Waals surface area contributed by atoms with Crippen molar-refractivity contribution in [3.63, 3.8) is 0 Å². The van der Waals surface area contributed by atoms with Gasteiger partial charge in [0.2, 0.25) is 10.0 Å². The maximum Gasteiger partial charge on any atom is 0.243 e. The van der Waals surface area contributed by atoms with E-state index in [4.69, 9.17) is 4.74 Å². The fraction of sp³-hybridized carbons (Fsp3) is 0.600. The molecule has 1 aliphatic rings. The first-order chi connectivity index (χ1) is 9.36. The third-order valence-corrected chi connectivity index (χ3v) is 5.89. The van der Waals surface area contributed by atoms with Gasteiger partial charge >= 0.3 is 0 Å². The Kier molecular flexibility index (Phi) is 4.39. The third-order valence-electron chi connectivity index (χ3n) is 4.02. The summed E-state index contributed by atoms with van der Waals surface area (Å²) >= 11 is 0. The second kappa shape index (κ2) is 5.74. The van der Waals surface area contributed by atoms with Gasteiger partial charge in [-0.25, -0.2) is 8.42 Å². The van der Waals surface area contributed by atoms with Crippen LogP contribution in [0.2, 0.25) is 0 Å². The van der Waals surface area contributed by atoms with Crippen LogP contribution in [-0.4, -0.2) is 32.9 Å². The van der Waals surface area contributed by atoms with Crippen molar-refractivity contribution in [1.82, 2.24) is 4.31 Å². The van der Waals surface area contributed by atoms with Crippen LogP contribution in [0.15, 0.2) is 17.0 Å². The molecule has 0 bridgehead atoms. The zero-order valence-electron chi connectivity index (χ0n) is 12.6. The molecule has 1 aromatic rings. The lowest BCUT2D eigenvalue weighted by Crippen LogP contribution is -2.37. The van der Waals surface area contributed by atoms with Crippen molar-refractivity contribution >= 4 is 10.0 Å². The number of methoxy groups -OCH3 is 1. The van der Waals surface area contributed by atoms with Crippen LogP contribution in [0.5, 0.6) is 5.75 Å². The van der Waals surface area contributed by atoms with Gasteiger partial charge in [-0.05, 0) is 55.9 Å². The first-order valence-corrected chi connectivity index (χ1v) is 8.45. The molecule has 1 aromatic carbocycles. The topological polar surface area (TPSA) is 46.6 Å². The minimum atomic E-state index is -3.38. The van der Waals surface area contributed by atoms with Gasteiger partial charge in [0.05, 0.1) is 12.0 Å². The van der Waals surface area contributed by atoms with Crippen molar-refractivity contribution in [2.75, 3.05) is 20.2 Å². The highest BCUT2D eigenvalue weighted by atomic mass is 32.2. The molecule has 4 nitrogen and oxygen atoms in total. The molecule has 1 aliphatic heterocycles. The molecule has 1 saturated heterocycles. The molecule has 5 heteroatoms. The Morgan fingerprint density at radius 3 is 2.10 bits per heavy atom. The SMILES string of the molecule is COc1c(C)cc(S(=O)(=O)N2CCC(C)CC2)cc1C. The maximum atomic E-state index is 12.7. The van der Waals surface area contributed by atoms with E-state index in [-0.39, 0.29) is 0 Å². The van der Waals surface area contributed by atoms with Gasteiger partial charge in [0, 0.05) is 13.1 Å². The monoisotopic (exact) mass is 297 g/mol. The molecule has 0 N–H and O–H groups in total. The van der Waals surface area contributed by atoms with Crippen LogP contribution in [0.3, 0.4) is 0 Å². The highest BCUT2D eigenvalue weighted by Gasteiger charge is 2.28. The molecule has 20 heavy (non-hydrogen) atoms. The van der Waals surface area contributed by atoms with E-state index < -0.39 is 10.0 Å². The zero-order valence-corrected chi connectivity index (χ0v) is 13.5. The average molecular weight is 297 g/mol. The quantitative estimate of drug-likeness (QED) is 0.862. The molecule has 0 aliphatic carbocycles. The van der Waals surface area contributed by atoms with Gasteiger partial charge in [-0.1, -0.05) is 6.92 Å². The Balaban J connectivity index is 2.35. The van der Waals surface area contributed by atoms with Crippen LogP contribution in [0.25, 0.3) is 0 Å². The largest absolute Gasteiger partial charge is 0.496 e. The maximum absolute atomic E-state index is 12.7. The lowest BCUT2D eigenvalue weighted by molar-refractivity contribution is 0.288. The number of hydrogen-bond donors (Lipinski definition) is 0. The number of ether oxygens (including phenoxy) is 1. The second-order valence-electron chi connectivity index (χ2n) is 5.68. The molecule has 0 unspecified atom stereocenters. The third kappa shape index (κ3) is 2.83. The average Bonchev–Trinajstić information content (AvgIpc) is 2.38. The van der Waals surface area contributed by atoms with Crippen molar-refractivity contribution in [3.05, 3.63) is 23.3 Å². The summed E-state index contributed by atoms with van der Waals surface area (Å²) in [5.74, 6) is 1.37. The summed E-state index contributed by atoms with van der Waals surface area (Å²) in [5.41, 5.74) is 1.72. The van der Waals surface area contributed by atoms with E-state index in [0.29, 0.717) is 23.9 Å². The standard InChI is InChI=1S/C15H23NO3S/c1-11-5-7-16(8-6-11)20(17,18)14-9-12(2)15(19-4)13(3)10-14/h9-11H,5-8H2,1-4H3. The molecule has 0 saturated carbocycles. The molecule has 0 atom stereocenters. The zero-order chi connectivity index (χ0) is 14.9. The summed E-state index contributed by atoms with van der Waals surface area (Å²) in [6.07, 6.45) is 1.88. The lowest BCUT2D eigenvalue weighted by atomic mass is 10.0. The van der Waals surface area contributed by atoms with Crippen LogP contribution >= 0.6 is 0 Å². The van der Waals surface area contributed by atoms with Crippen molar-refractivity contribution in [1.29, 1.82) is 0 Å². The predicted octanol–water partition coefficient (Wildman–Crippen LogP) is 2.73. The minimum absolute atomic E-state index is 0.378. The first-order valence-electron chi connectivity index (χ1n) is 7.01. The minimum Gasteiger partial charge on any atom is -0.496 e. The summed E-state index contributed by atoms with van der Waals surface area (Å²) in [6, 6.07) is 3.42. The molecular weight excluding hydrogens is 274 g/mol. The predicted molar refractivity (Wildman–Crippen MR) is 79.6 cm³/mol. The number of nitrogens with zero attached hydrogens (tertiary/aromatic N) is 1. The van der Waals surface area contributed by atoms with E-state index in [1.807, 2.05) is 13.8 Å². The van der Waals surface area contributed by atoms with E-state index in [2.05, 4.69) is 6.92 Å². The molecule has 0 amide bonds. The van der Waals surface area contributed by atoms with E-state index in [1.54, 1.807) is 23.5 Å². The van der Waals surface area contributed by atoms with Gasteiger partial charge in [0.1, 0.15) is 5.75 Å². The number of benzene rings is 1. The van der Waals surface area contributed by atoms with Crippen molar-refractivity contribution in [2.24, 2.45) is 5.92 Å². The Morgan fingerprint density at radius 2 is 1.65 bits per heavy atom. The number of rotatable bonds is 3. The van der Waals surface area contributed by atoms with Crippen molar-refractivity contribution < 1.29 is 13.2 Å². The summed E-state index contributed by atoms with van der Waals surface area (Å²) in [6.45, 7) is 7.17. The van der Waals surface area contributed by atoms with E-state index >= 15 is 0 Å². The Hall–Kier alpha value is -1.07. The summed E-state index contributed by atoms with van der Waals surface area (Å²) in [7, 11) is -1.77. The summed E-state index contributed by atoms with van der Waals surface area (Å²) < 4.78 is 32.3. The van der Waals surface area contributed by atoms with Crippen LogP contribution in [0, 0.1) is 19.8 Å². The van der Waals surface area contributed by atoms with Crippen LogP contribution < -0.4 is 4.74 Å². The number of sulfonamides is 1. The highest BCUT2D eigenvalue weighted by molar-refractivity contribution is 7.89. The van der Waals surface area contributed by atoms with Crippen molar-refractivity contribution in [2.45, 2.75) is 38.5 Å². The summed E-state index contributed by atoms with van der Waals surface area (Å²) in [4.78, 5) is 0.378. The summed E-state index contributed by atoms with van der Waals surface area (Å²) in [5, 5.41) is 0. The molecule has 1 heterocycles. The van der Waals surface area contributed by atoms with Crippen molar-refractivity contribution in [3.8, 4) is 5.75 Å². The van der Waals surface area contributed by atoms with Gasteiger partial charge < -0.3 is 4.74 Å².